The number of carbonyl (C=O) groups excluding carboxylic acids is 1. The van der Waals surface area contributed by atoms with Gasteiger partial charge in [0.2, 0.25) is 5.16 Å². The van der Waals surface area contributed by atoms with Crippen LogP contribution in [-0.4, -0.2) is 57.7 Å². The number of nitrogens with one attached hydrogen (secondary N) is 2. The second-order valence-corrected chi connectivity index (χ2v) is 9.72. The Morgan fingerprint density at radius 2 is 1.89 bits per heavy atom. The van der Waals surface area contributed by atoms with E-state index in [9.17, 15) is 4.79 Å². The van der Waals surface area contributed by atoms with Crippen LogP contribution >= 0.6 is 24.2 Å². The summed E-state index contributed by atoms with van der Waals surface area (Å²) >= 11 is 1.63. The van der Waals surface area contributed by atoms with Gasteiger partial charge in [-0.05, 0) is 74.0 Å². The van der Waals surface area contributed by atoms with Crippen molar-refractivity contribution in [2.75, 3.05) is 26.0 Å². The molecular weight excluding hydrogens is 488 g/mol. The maximum atomic E-state index is 12.0. The van der Waals surface area contributed by atoms with Gasteiger partial charge in [0.15, 0.2) is 18.1 Å². The number of rotatable bonds is 12. The maximum absolute atomic E-state index is 12.0. The Morgan fingerprint density at radius 1 is 1.11 bits per heavy atom. The fraction of sp³-hybridized carbons (Fsp3) is 0.417. The van der Waals surface area contributed by atoms with Crippen molar-refractivity contribution in [1.82, 2.24) is 30.8 Å². The average molecular weight is 521 g/mol. The van der Waals surface area contributed by atoms with Crippen LogP contribution in [-0.2, 0) is 11.3 Å². The van der Waals surface area contributed by atoms with Gasteiger partial charge in [-0.2, -0.15) is 4.68 Å². The highest BCUT2D eigenvalue weighted by Gasteiger charge is 2.15. The van der Waals surface area contributed by atoms with E-state index in [0.29, 0.717) is 18.0 Å². The van der Waals surface area contributed by atoms with Crippen LogP contribution in [0, 0.1) is 0 Å². The van der Waals surface area contributed by atoms with Crippen LogP contribution in [0.25, 0.3) is 5.69 Å². The number of amides is 1. The highest BCUT2D eigenvalue weighted by atomic mass is 35.5. The summed E-state index contributed by atoms with van der Waals surface area (Å²) < 4.78 is 12.8. The number of benzene rings is 2. The van der Waals surface area contributed by atoms with Crippen molar-refractivity contribution in [2.45, 2.75) is 44.4 Å². The number of thioether (sulfide) groups is 1. The Morgan fingerprint density at radius 3 is 2.60 bits per heavy atom. The normalized spacial score (nSPS) is 11.0. The largest absolute Gasteiger partial charge is 0.493 e. The van der Waals surface area contributed by atoms with Crippen molar-refractivity contribution in [3.63, 3.8) is 0 Å². The Bertz CT molecular complexity index is 1060. The Hall–Kier alpha value is -2.82. The number of nitrogens with zero attached hydrogens (tertiary/aromatic N) is 4. The number of ether oxygens (including phenoxy) is 2. The third-order valence-electron chi connectivity index (χ3n) is 4.60. The number of para-hydroxylation sites is 1. The van der Waals surface area contributed by atoms with Gasteiger partial charge in [-0.15, -0.1) is 17.5 Å². The molecule has 9 nitrogen and oxygen atoms in total. The highest BCUT2D eigenvalue weighted by molar-refractivity contribution is 7.99. The summed E-state index contributed by atoms with van der Waals surface area (Å²) in [6.07, 6.45) is 0.966. The molecule has 0 atom stereocenters. The van der Waals surface area contributed by atoms with Gasteiger partial charge in [-0.1, -0.05) is 36.0 Å². The molecule has 2 N–H and O–H groups in total. The van der Waals surface area contributed by atoms with E-state index < -0.39 is 0 Å². The van der Waals surface area contributed by atoms with Crippen molar-refractivity contribution in [2.24, 2.45) is 0 Å². The zero-order valence-electron chi connectivity index (χ0n) is 20.5. The summed E-state index contributed by atoms with van der Waals surface area (Å²) in [7, 11) is 1.59. The van der Waals surface area contributed by atoms with E-state index >= 15 is 0 Å². The fourth-order valence-corrected chi connectivity index (χ4v) is 3.96. The molecule has 3 rings (SSSR count). The summed E-state index contributed by atoms with van der Waals surface area (Å²) in [5.41, 5.74) is 1.73. The first-order valence-corrected chi connectivity index (χ1v) is 12.1. The van der Waals surface area contributed by atoms with E-state index in [1.165, 1.54) is 0 Å². The van der Waals surface area contributed by atoms with Crippen molar-refractivity contribution in [3.05, 3.63) is 54.1 Å². The minimum absolute atomic E-state index is 0. The third-order valence-corrected chi connectivity index (χ3v) is 5.61. The molecule has 35 heavy (non-hydrogen) atoms. The summed E-state index contributed by atoms with van der Waals surface area (Å²) in [6.45, 7) is 7.29. The van der Waals surface area contributed by atoms with Crippen molar-refractivity contribution < 1.29 is 14.3 Å². The number of hydrogen-bond donors (Lipinski definition) is 2. The van der Waals surface area contributed by atoms with E-state index in [1.807, 2.05) is 69.3 Å². The predicted molar refractivity (Wildman–Crippen MR) is 140 cm³/mol. The Labute approximate surface area is 216 Å². The van der Waals surface area contributed by atoms with Crippen molar-refractivity contribution in [1.29, 1.82) is 0 Å². The molecule has 3 aromatic rings. The van der Waals surface area contributed by atoms with E-state index in [-0.39, 0.29) is 30.5 Å². The van der Waals surface area contributed by atoms with Crippen LogP contribution in [0.3, 0.4) is 0 Å². The minimum atomic E-state index is -0.297. The minimum Gasteiger partial charge on any atom is -0.493 e. The number of hydrogen-bond acceptors (Lipinski definition) is 8. The first-order chi connectivity index (χ1) is 16.4. The molecule has 0 radical (unpaired) electrons. The lowest BCUT2D eigenvalue weighted by Crippen LogP contribution is -2.43. The zero-order valence-corrected chi connectivity index (χ0v) is 22.1. The molecule has 0 unspecified atom stereocenters. The first kappa shape index (κ1) is 28.4. The molecule has 1 aromatic heterocycles. The number of carbonyl (C=O) groups is 1. The molecule has 0 fully saturated rings. The predicted octanol–water partition coefficient (Wildman–Crippen LogP) is 3.66. The van der Waals surface area contributed by atoms with Gasteiger partial charge in [0.1, 0.15) is 0 Å². The number of tetrazole rings is 1. The molecule has 0 saturated carbocycles. The Kier molecular flexibility index (Phi) is 11.3. The smallest absolute Gasteiger partial charge is 0.258 e. The summed E-state index contributed by atoms with van der Waals surface area (Å²) in [5, 5.41) is 19.1. The Balaban J connectivity index is 0.00000432. The van der Waals surface area contributed by atoms with Gasteiger partial charge >= 0.3 is 0 Å². The molecule has 1 amide bonds. The van der Waals surface area contributed by atoms with Gasteiger partial charge in [0, 0.05) is 17.8 Å². The molecule has 0 aliphatic heterocycles. The summed E-state index contributed by atoms with van der Waals surface area (Å²) in [6, 6.07) is 15.6. The van der Waals surface area contributed by atoms with E-state index in [4.69, 9.17) is 9.47 Å². The third kappa shape index (κ3) is 9.39. The van der Waals surface area contributed by atoms with Crippen molar-refractivity contribution >= 4 is 30.1 Å². The number of aromatic nitrogens is 4. The SMILES string of the molecule is COc1cc(CNCCCSc2nnnn2-c2ccccc2)ccc1OCC(=O)NC(C)(C)C.Cl. The molecule has 0 spiro atoms. The molecule has 1 heterocycles. The van der Waals surface area contributed by atoms with E-state index in [0.717, 1.165) is 35.1 Å². The monoisotopic (exact) mass is 520 g/mol. The average Bonchev–Trinajstić information content (AvgIpc) is 3.28. The lowest BCUT2D eigenvalue weighted by Gasteiger charge is -2.20. The highest BCUT2D eigenvalue weighted by Crippen LogP contribution is 2.28. The second kappa shape index (κ2) is 13.9. The molecular formula is C24H33ClN6O3S. The van der Waals surface area contributed by atoms with Gasteiger partial charge in [0.25, 0.3) is 5.91 Å². The van der Waals surface area contributed by atoms with Crippen molar-refractivity contribution in [3.8, 4) is 17.2 Å². The van der Waals surface area contributed by atoms with Crippen LogP contribution < -0.4 is 20.1 Å². The quantitative estimate of drug-likeness (QED) is 0.275. The van der Waals surface area contributed by atoms with Gasteiger partial charge in [-0.25, -0.2) is 0 Å². The number of methoxy groups -OCH3 is 1. The molecule has 0 bridgehead atoms. The van der Waals surface area contributed by atoms with Crippen LogP contribution in [0.15, 0.2) is 53.7 Å². The lowest BCUT2D eigenvalue weighted by atomic mass is 10.1. The molecule has 0 aliphatic carbocycles. The van der Waals surface area contributed by atoms with Crippen LogP contribution in [0.5, 0.6) is 11.5 Å². The van der Waals surface area contributed by atoms with Gasteiger partial charge in [0.05, 0.1) is 12.8 Å². The molecule has 190 valence electrons. The summed E-state index contributed by atoms with van der Waals surface area (Å²) in [4.78, 5) is 12.0. The lowest BCUT2D eigenvalue weighted by molar-refractivity contribution is -0.124. The van der Waals surface area contributed by atoms with Crippen LogP contribution in [0.1, 0.15) is 32.8 Å². The second-order valence-electron chi connectivity index (χ2n) is 8.66. The van der Waals surface area contributed by atoms with E-state index in [1.54, 1.807) is 23.6 Å². The zero-order chi connectivity index (χ0) is 24.4. The first-order valence-electron chi connectivity index (χ1n) is 11.1. The van der Waals surface area contributed by atoms with Gasteiger partial charge < -0.3 is 20.1 Å². The fourth-order valence-electron chi connectivity index (χ4n) is 3.13. The summed E-state index contributed by atoms with van der Waals surface area (Å²) in [5.74, 6) is 1.87. The van der Waals surface area contributed by atoms with Crippen LogP contribution in [0.4, 0.5) is 0 Å². The number of halogens is 1. The topological polar surface area (TPSA) is 103 Å². The van der Waals surface area contributed by atoms with E-state index in [2.05, 4.69) is 26.2 Å². The standard InChI is InChI=1S/C24H32N6O3S.ClH/c1-24(2,3)26-22(31)17-33-20-12-11-18(15-21(20)32-4)16-25-13-8-14-34-23-27-28-29-30(23)19-9-6-5-7-10-19;/h5-7,9-12,15,25H,8,13-14,16-17H2,1-4H3,(H,26,31);1H. The molecule has 11 heteroatoms. The van der Waals surface area contributed by atoms with Crippen LogP contribution in [0.2, 0.25) is 0 Å². The van der Waals surface area contributed by atoms with Gasteiger partial charge in [-0.3, -0.25) is 4.79 Å². The molecule has 0 saturated heterocycles. The molecule has 0 aliphatic rings. The maximum Gasteiger partial charge on any atom is 0.258 e. The molecule has 2 aromatic carbocycles.